The number of nitrogens with one attached hydrogen (secondary N) is 1. The average molecular weight is 354 g/mol. The summed E-state index contributed by atoms with van der Waals surface area (Å²) in [6.45, 7) is 4.04. The molecular weight excluding hydrogens is 336 g/mol. The minimum absolute atomic E-state index is 0.221. The quantitative estimate of drug-likeness (QED) is 0.758. The first-order valence-corrected chi connectivity index (χ1v) is 9.29. The lowest BCUT2D eigenvalue weighted by atomic mass is 10.0. The summed E-state index contributed by atoms with van der Waals surface area (Å²) in [6, 6.07) is 10.3. The van der Waals surface area contributed by atoms with Crippen LogP contribution in [-0.2, 0) is 10.0 Å². The summed E-state index contributed by atoms with van der Waals surface area (Å²) in [5.74, 6) is 0.502. The van der Waals surface area contributed by atoms with Gasteiger partial charge in [0.05, 0.1) is 16.8 Å². The molecule has 0 amide bonds. The van der Waals surface area contributed by atoms with Gasteiger partial charge in [0.25, 0.3) is 10.0 Å². The molecule has 2 aromatic heterocycles. The SMILES string of the molecule is CC(C)c1cccc(S(=O)(=O)Nc2ccc(-c3cnccn3)cn2)c1. The van der Waals surface area contributed by atoms with E-state index in [4.69, 9.17) is 0 Å². The summed E-state index contributed by atoms with van der Waals surface area (Å²) in [5, 5.41) is 0. The van der Waals surface area contributed by atoms with Crippen LogP contribution in [0, 0.1) is 0 Å². The van der Waals surface area contributed by atoms with Gasteiger partial charge in [-0.2, -0.15) is 0 Å². The van der Waals surface area contributed by atoms with Gasteiger partial charge in [-0.3, -0.25) is 14.7 Å². The summed E-state index contributed by atoms with van der Waals surface area (Å²) in [5.41, 5.74) is 2.40. The van der Waals surface area contributed by atoms with Crippen molar-refractivity contribution in [3.8, 4) is 11.3 Å². The van der Waals surface area contributed by atoms with Crippen LogP contribution < -0.4 is 4.72 Å². The van der Waals surface area contributed by atoms with E-state index in [1.807, 2.05) is 19.9 Å². The van der Waals surface area contributed by atoms with Crippen molar-refractivity contribution >= 4 is 15.8 Å². The van der Waals surface area contributed by atoms with E-state index in [9.17, 15) is 8.42 Å². The van der Waals surface area contributed by atoms with Crippen molar-refractivity contribution in [3.05, 3.63) is 66.7 Å². The second-order valence-electron chi connectivity index (χ2n) is 5.86. The Balaban J connectivity index is 1.83. The molecule has 0 saturated heterocycles. The number of hydrogen-bond donors (Lipinski definition) is 1. The third-order valence-electron chi connectivity index (χ3n) is 3.70. The van der Waals surface area contributed by atoms with Crippen LogP contribution in [0.1, 0.15) is 25.3 Å². The van der Waals surface area contributed by atoms with E-state index in [0.29, 0.717) is 5.69 Å². The van der Waals surface area contributed by atoms with Crippen LogP contribution >= 0.6 is 0 Å². The van der Waals surface area contributed by atoms with Gasteiger partial charge in [-0.1, -0.05) is 26.0 Å². The summed E-state index contributed by atoms with van der Waals surface area (Å²) in [4.78, 5) is 12.6. The molecule has 0 spiro atoms. The van der Waals surface area contributed by atoms with Gasteiger partial charge in [-0.15, -0.1) is 0 Å². The zero-order valence-electron chi connectivity index (χ0n) is 13.9. The van der Waals surface area contributed by atoms with E-state index in [2.05, 4.69) is 19.7 Å². The third kappa shape index (κ3) is 4.00. The number of pyridine rings is 1. The molecule has 0 fully saturated rings. The summed E-state index contributed by atoms with van der Waals surface area (Å²) < 4.78 is 27.6. The molecule has 0 saturated carbocycles. The van der Waals surface area contributed by atoms with Gasteiger partial charge in [0.15, 0.2) is 0 Å². The lowest BCUT2D eigenvalue weighted by molar-refractivity contribution is 0.601. The Hall–Kier alpha value is -2.80. The van der Waals surface area contributed by atoms with Crippen molar-refractivity contribution < 1.29 is 8.42 Å². The fourth-order valence-electron chi connectivity index (χ4n) is 2.29. The van der Waals surface area contributed by atoms with Gasteiger partial charge in [0, 0.05) is 24.2 Å². The predicted octanol–water partition coefficient (Wildman–Crippen LogP) is 3.46. The molecule has 0 aliphatic rings. The number of aromatic nitrogens is 3. The molecule has 1 aromatic carbocycles. The molecule has 25 heavy (non-hydrogen) atoms. The van der Waals surface area contributed by atoms with Gasteiger partial charge in [0.1, 0.15) is 5.82 Å². The molecule has 7 heteroatoms. The van der Waals surface area contributed by atoms with E-state index in [1.165, 1.54) is 0 Å². The maximum absolute atomic E-state index is 12.6. The maximum atomic E-state index is 12.6. The molecule has 0 radical (unpaired) electrons. The molecule has 0 aliphatic carbocycles. The molecule has 3 aromatic rings. The minimum Gasteiger partial charge on any atom is -0.263 e. The number of sulfonamides is 1. The van der Waals surface area contributed by atoms with E-state index in [1.54, 1.807) is 55.1 Å². The van der Waals surface area contributed by atoms with Crippen LogP contribution in [-0.4, -0.2) is 23.4 Å². The normalized spacial score (nSPS) is 11.5. The Morgan fingerprint density at radius 3 is 2.48 bits per heavy atom. The molecule has 2 heterocycles. The van der Waals surface area contributed by atoms with Crippen molar-refractivity contribution in [1.82, 2.24) is 15.0 Å². The van der Waals surface area contributed by atoms with Crippen molar-refractivity contribution in [2.75, 3.05) is 4.72 Å². The van der Waals surface area contributed by atoms with Gasteiger partial charge >= 0.3 is 0 Å². The van der Waals surface area contributed by atoms with E-state index >= 15 is 0 Å². The number of anilines is 1. The van der Waals surface area contributed by atoms with Gasteiger partial charge in [-0.05, 0) is 35.7 Å². The van der Waals surface area contributed by atoms with Crippen LogP contribution in [0.3, 0.4) is 0 Å². The van der Waals surface area contributed by atoms with Crippen molar-refractivity contribution in [3.63, 3.8) is 0 Å². The smallest absolute Gasteiger partial charge is 0.263 e. The molecule has 0 atom stereocenters. The number of hydrogen-bond acceptors (Lipinski definition) is 5. The first-order chi connectivity index (χ1) is 12.0. The van der Waals surface area contributed by atoms with Crippen LogP contribution in [0.25, 0.3) is 11.3 Å². The highest BCUT2D eigenvalue weighted by Crippen LogP contribution is 2.21. The first kappa shape index (κ1) is 17.0. The highest BCUT2D eigenvalue weighted by molar-refractivity contribution is 7.92. The van der Waals surface area contributed by atoms with Crippen molar-refractivity contribution in [1.29, 1.82) is 0 Å². The molecule has 1 N–H and O–H groups in total. The van der Waals surface area contributed by atoms with E-state index in [-0.39, 0.29) is 16.6 Å². The molecule has 0 unspecified atom stereocenters. The minimum atomic E-state index is -3.69. The molecular formula is C18H18N4O2S. The van der Waals surface area contributed by atoms with E-state index < -0.39 is 10.0 Å². The van der Waals surface area contributed by atoms with Crippen LogP contribution in [0.4, 0.5) is 5.82 Å². The summed E-state index contributed by atoms with van der Waals surface area (Å²) in [6.07, 6.45) is 6.36. The highest BCUT2D eigenvalue weighted by atomic mass is 32.2. The predicted molar refractivity (Wildman–Crippen MR) is 96.6 cm³/mol. The van der Waals surface area contributed by atoms with Crippen LogP contribution in [0.15, 0.2) is 66.1 Å². The second-order valence-corrected chi connectivity index (χ2v) is 7.54. The third-order valence-corrected chi connectivity index (χ3v) is 5.05. The largest absolute Gasteiger partial charge is 0.263 e. The fraction of sp³-hybridized carbons (Fsp3) is 0.167. The molecule has 128 valence electrons. The highest BCUT2D eigenvalue weighted by Gasteiger charge is 2.16. The maximum Gasteiger partial charge on any atom is 0.263 e. The Bertz CT molecular complexity index is 956. The molecule has 3 rings (SSSR count). The molecule has 0 bridgehead atoms. The lowest BCUT2D eigenvalue weighted by Gasteiger charge is -2.10. The van der Waals surface area contributed by atoms with E-state index in [0.717, 1.165) is 11.1 Å². The summed E-state index contributed by atoms with van der Waals surface area (Å²) >= 11 is 0. The van der Waals surface area contributed by atoms with Crippen molar-refractivity contribution in [2.24, 2.45) is 0 Å². The first-order valence-electron chi connectivity index (χ1n) is 7.81. The Morgan fingerprint density at radius 1 is 1.00 bits per heavy atom. The number of nitrogens with zero attached hydrogens (tertiary/aromatic N) is 3. The fourth-order valence-corrected chi connectivity index (χ4v) is 3.35. The summed E-state index contributed by atoms with van der Waals surface area (Å²) in [7, 11) is -3.69. The number of rotatable bonds is 5. The lowest BCUT2D eigenvalue weighted by Crippen LogP contribution is -2.14. The van der Waals surface area contributed by atoms with Crippen LogP contribution in [0.2, 0.25) is 0 Å². The Kier molecular flexibility index (Phi) is 4.76. The zero-order chi connectivity index (χ0) is 17.9. The second kappa shape index (κ2) is 6.98. The standard InChI is InChI=1S/C18H18N4O2S/c1-13(2)14-4-3-5-16(10-14)25(23,24)22-18-7-6-15(11-21-18)17-12-19-8-9-20-17/h3-13H,1-2H3,(H,21,22). The topological polar surface area (TPSA) is 84.8 Å². The Morgan fingerprint density at radius 2 is 1.84 bits per heavy atom. The van der Waals surface area contributed by atoms with Gasteiger partial charge in [0.2, 0.25) is 0 Å². The van der Waals surface area contributed by atoms with Crippen LogP contribution in [0.5, 0.6) is 0 Å². The molecule has 6 nitrogen and oxygen atoms in total. The average Bonchev–Trinajstić information content (AvgIpc) is 2.63. The van der Waals surface area contributed by atoms with Crippen molar-refractivity contribution in [2.45, 2.75) is 24.7 Å². The van der Waals surface area contributed by atoms with Gasteiger partial charge < -0.3 is 0 Å². The number of benzene rings is 1. The Labute approximate surface area is 147 Å². The van der Waals surface area contributed by atoms with Gasteiger partial charge in [-0.25, -0.2) is 13.4 Å². The monoisotopic (exact) mass is 354 g/mol. The molecule has 0 aliphatic heterocycles. The zero-order valence-corrected chi connectivity index (χ0v) is 14.7.